The summed E-state index contributed by atoms with van der Waals surface area (Å²) in [5.41, 5.74) is -0.767. The molecule has 1 aliphatic rings. The van der Waals surface area contributed by atoms with Crippen molar-refractivity contribution in [2.75, 3.05) is 13.2 Å². The molecule has 1 aliphatic heterocycles. The average molecular weight is 276 g/mol. The lowest BCUT2D eigenvalue weighted by atomic mass is 10.3. The summed E-state index contributed by atoms with van der Waals surface area (Å²) in [4.78, 5) is 14.0. The van der Waals surface area contributed by atoms with E-state index in [1.54, 1.807) is 0 Å². The second-order valence-electron chi connectivity index (χ2n) is 3.59. The van der Waals surface area contributed by atoms with Crippen LogP contribution in [0, 0.1) is 15.9 Å². The van der Waals surface area contributed by atoms with Crippen LogP contribution in [-0.2, 0) is 14.9 Å². The molecular formula is C9H9FN2O5S. The Kier molecular flexibility index (Phi) is 3.28. The zero-order chi connectivity index (χ0) is 13.3. The van der Waals surface area contributed by atoms with Crippen LogP contribution in [0.25, 0.3) is 0 Å². The van der Waals surface area contributed by atoms with Crippen LogP contribution in [0.15, 0.2) is 23.1 Å². The minimum Gasteiger partial charge on any atom is -0.284 e. The van der Waals surface area contributed by atoms with Gasteiger partial charge in [-0.3, -0.25) is 15.0 Å². The van der Waals surface area contributed by atoms with Crippen molar-refractivity contribution in [3.63, 3.8) is 0 Å². The molecule has 1 heterocycles. The highest BCUT2D eigenvalue weighted by Gasteiger charge is 2.30. The maximum absolute atomic E-state index is 13.4. The third-order valence-electron chi connectivity index (χ3n) is 2.40. The van der Waals surface area contributed by atoms with Crippen molar-refractivity contribution >= 4 is 15.7 Å². The molecule has 2 rings (SSSR count). The first kappa shape index (κ1) is 12.9. The fraction of sp³-hybridized carbons (Fsp3) is 0.333. The minimum atomic E-state index is -3.96. The molecule has 98 valence electrons. The number of rotatable bonds is 3. The molecule has 1 fully saturated rings. The molecule has 9 heteroatoms. The van der Waals surface area contributed by atoms with Crippen molar-refractivity contribution < 1.29 is 22.6 Å². The van der Waals surface area contributed by atoms with Crippen LogP contribution in [0.2, 0.25) is 0 Å². The maximum Gasteiger partial charge on any atom is 0.304 e. The van der Waals surface area contributed by atoms with Gasteiger partial charge < -0.3 is 0 Å². The van der Waals surface area contributed by atoms with E-state index in [1.807, 2.05) is 0 Å². The Balaban J connectivity index is 2.40. The van der Waals surface area contributed by atoms with E-state index >= 15 is 0 Å². The molecule has 1 aromatic carbocycles. The smallest absolute Gasteiger partial charge is 0.284 e. The summed E-state index contributed by atoms with van der Waals surface area (Å²) < 4.78 is 38.0. The molecular weight excluding hydrogens is 267 g/mol. The largest absolute Gasteiger partial charge is 0.304 e. The highest BCUT2D eigenvalue weighted by molar-refractivity contribution is 7.89. The Morgan fingerprint density at radius 2 is 2.17 bits per heavy atom. The van der Waals surface area contributed by atoms with Gasteiger partial charge in [-0.05, 0) is 12.5 Å². The first-order chi connectivity index (χ1) is 8.43. The van der Waals surface area contributed by atoms with Crippen molar-refractivity contribution in [2.24, 2.45) is 0 Å². The Labute approximate surface area is 102 Å². The van der Waals surface area contributed by atoms with Crippen LogP contribution in [0.3, 0.4) is 0 Å². The van der Waals surface area contributed by atoms with Gasteiger partial charge in [0.15, 0.2) is 0 Å². The fourth-order valence-corrected chi connectivity index (χ4v) is 2.84. The molecule has 0 spiro atoms. The Morgan fingerprint density at radius 3 is 2.67 bits per heavy atom. The van der Waals surface area contributed by atoms with Crippen LogP contribution in [-0.4, -0.2) is 31.0 Å². The summed E-state index contributed by atoms with van der Waals surface area (Å²) in [5, 5.41) is 10.4. The monoisotopic (exact) mass is 276 g/mol. The van der Waals surface area contributed by atoms with E-state index in [1.165, 1.54) is 0 Å². The lowest BCUT2D eigenvalue weighted by Gasteiger charge is -2.13. The number of halogens is 1. The highest BCUT2D eigenvalue weighted by Crippen LogP contribution is 2.24. The van der Waals surface area contributed by atoms with Crippen molar-refractivity contribution in [1.29, 1.82) is 0 Å². The summed E-state index contributed by atoms with van der Waals surface area (Å²) in [6, 6.07) is 2.42. The summed E-state index contributed by atoms with van der Waals surface area (Å²) in [7, 11) is -3.96. The third kappa shape index (κ3) is 2.19. The van der Waals surface area contributed by atoms with Gasteiger partial charge in [0.1, 0.15) is 0 Å². The Morgan fingerprint density at radius 1 is 1.44 bits per heavy atom. The van der Waals surface area contributed by atoms with E-state index in [-0.39, 0.29) is 18.0 Å². The standard InChI is InChI=1S/C9H9FN2O5S/c10-8-6-7(2-3-9(8)12(13)14)18(15,16)11-4-1-5-17-11/h2-3,6H,1,4-5H2. The van der Waals surface area contributed by atoms with E-state index in [0.717, 1.165) is 16.6 Å². The molecule has 18 heavy (non-hydrogen) atoms. The lowest BCUT2D eigenvalue weighted by molar-refractivity contribution is -0.387. The first-order valence-electron chi connectivity index (χ1n) is 5.02. The molecule has 1 saturated heterocycles. The second-order valence-corrected chi connectivity index (χ2v) is 5.42. The zero-order valence-electron chi connectivity index (χ0n) is 9.08. The molecule has 0 radical (unpaired) electrons. The fourth-order valence-electron chi connectivity index (χ4n) is 1.53. The van der Waals surface area contributed by atoms with Gasteiger partial charge in [0, 0.05) is 18.7 Å². The van der Waals surface area contributed by atoms with E-state index in [9.17, 15) is 22.9 Å². The summed E-state index contributed by atoms with van der Waals surface area (Å²) >= 11 is 0. The summed E-state index contributed by atoms with van der Waals surface area (Å²) in [5.74, 6) is -1.19. The van der Waals surface area contributed by atoms with E-state index in [4.69, 9.17) is 4.84 Å². The molecule has 0 N–H and O–H groups in total. The van der Waals surface area contributed by atoms with Crippen LogP contribution >= 0.6 is 0 Å². The third-order valence-corrected chi connectivity index (χ3v) is 4.08. The van der Waals surface area contributed by atoms with Crippen LogP contribution in [0.5, 0.6) is 0 Å². The summed E-state index contributed by atoms with van der Waals surface area (Å²) in [6.45, 7) is 0.454. The van der Waals surface area contributed by atoms with Crippen molar-refractivity contribution in [3.8, 4) is 0 Å². The van der Waals surface area contributed by atoms with Gasteiger partial charge in [-0.2, -0.15) is 4.39 Å². The van der Waals surface area contributed by atoms with E-state index in [2.05, 4.69) is 0 Å². The van der Waals surface area contributed by atoms with Crippen LogP contribution < -0.4 is 0 Å². The Bertz CT molecular complexity index is 583. The van der Waals surface area contributed by atoms with Gasteiger partial charge in [-0.1, -0.05) is 4.47 Å². The van der Waals surface area contributed by atoms with Gasteiger partial charge in [0.2, 0.25) is 5.82 Å². The number of benzene rings is 1. The normalized spacial score (nSPS) is 16.9. The number of sulfonamides is 1. The minimum absolute atomic E-state index is 0.181. The number of hydrogen-bond donors (Lipinski definition) is 0. The average Bonchev–Trinajstić information content (AvgIpc) is 2.82. The SMILES string of the molecule is O=[N+]([O-])c1ccc(S(=O)(=O)N2CCCO2)cc1F. The maximum atomic E-state index is 13.4. The quantitative estimate of drug-likeness (QED) is 0.608. The number of hydrogen-bond acceptors (Lipinski definition) is 5. The summed E-state index contributed by atoms with van der Waals surface area (Å²) in [6.07, 6.45) is 0.550. The number of hydroxylamine groups is 1. The molecule has 0 atom stereocenters. The first-order valence-corrected chi connectivity index (χ1v) is 6.46. The van der Waals surface area contributed by atoms with Gasteiger partial charge in [-0.15, -0.1) is 0 Å². The van der Waals surface area contributed by atoms with Crippen molar-refractivity contribution in [1.82, 2.24) is 4.47 Å². The van der Waals surface area contributed by atoms with Gasteiger partial charge in [-0.25, -0.2) is 8.42 Å². The molecule has 7 nitrogen and oxygen atoms in total. The number of nitro groups is 1. The molecule has 0 aromatic heterocycles. The molecule has 0 amide bonds. The highest BCUT2D eigenvalue weighted by atomic mass is 32.2. The predicted molar refractivity (Wildman–Crippen MR) is 57.5 cm³/mol. The van der Waals surface area contributed by atoms with Crippen LogP contribution in [0.4, 0.5) is 10.1 Å². The molecule has 0 bridgehead atoms. The predicted octanol–water partition coefficient (Wildman–Crippen LogP) is 1.06. The van der Waals surface area contributed by atoms with Gasteiger partial charge >= 0.3 is 5.69 Å². The van der Waals surface area contributed by atoms with E-state index < -0.39 is 26.5 Å². The number of nitrogens with zero attached hydrogens (tertiary/aromatic N) is 2. The Hall–Kier alpha value is -1.58. The van der Waals surface area contributed by atoms with Crippen LogP contribution in [0.1, 0.15) is 6.42 Å². The van der Waals surface area contributed by atoms with E-state index in [0.29, 0.717) is 12.5 Å². The molecule has 1 aromatic rings. The second kappa shape index (κ2) is 4.59. The topological polar surface area (TPSA) is 89.8 Å². The zero-order valence-corrected chi connectivity index (χ0v) is 9.89. The lowest BCUT2D eigenvalue weighted by Crippen LogP contribution is -2.26. The van der Waals surface area contributed by atoms with Gasteiger partial charge in [0.05, 0.1) is 16.4 Å². The van der Waals surface area contributed by atoms with Crippen molar-refractivity contribution in [3.05, 3.63) is 34.1 Å². The molecule has 0 saturated carbocycles. The van der Waals surface area contributed by atoms with Crippen molar-refractivity contribution in [2.45, 2.75) is 11.3 Å². The van der Waals surface area contributed by atoms with Gasteiger partial charge in [0.25, 0.3) is 10.0 Å². The molecule has 0 aliphatic carbocycles. The number of nitro benzene ring substituents is 1. The molecule has 0 unspecified atom stereocenters.